The van der Waals surface area contributed by atoms with Crippen LogP contribution in [0.25, 0.3) is 0 Å². The number of nitrogens with zero attached hydrogens (tertiary/aromatic N) is 1. The number of anilines is 2. The zero-order chi connectivity index (χ0) is 38.3. The largest absolute Gasteiger partial charge is 0.493 e. The summed E-state index contributed by atoms with van der Waals surface area (Å²) >= 11 is 6.20. The SMILES string of the molecule is COC(=O)CCCCC(=O)N[C@@H](C)C(=O)N[C@@H](C)C(=O)Nc1cc(CCl)cc(COc2cc3c(cc2OC)C(=O)N2C(CN3)CC3C=CC=CC32C)c1. The molecular formula is C39H48ClN5O8. The van der Waals surface area contributed by atoms with Crippen LogP contribution in [0.3, 0.4) is 0 Å². The minimum absolute atomic E-state index is 0.0289. The Morgan fingerprint density at radius 3 is 2.43 bits per heavy atom. The third kappa shape index (κ3) is 9.13. The van der Waals surface area contributed by atoms with Crippen LogP contribution in [0.4, 0.5) is 11.4 Å². The average molecular weight is 750 g/mol. The molecule has 0 spiro atoms. The summed E-state index contributed by atoms with van der Waals surface area (Å²) in [5.74, 6) is -0.446. The number of amides is 4. The predicted octanol–water partition coefficient (Wildman–Crippen LogP) is 4.84. The summed E-state index contributed by atoms with van der Waals surface area (Å²) in [5.41, 5.74) is 2.69. The maximum Gasteiger partial charge on any atom is 0.305 e. The van der Waals surface area contributed by atoms with E-state index < -0.39 is 29.4 Å². The van der Waals surface area contributed by atoms with E-state index in [-0.39, 0.29) is 55.1 Å². The van der Waals surface area contributed by atoms with Crippen LogP contribution in [0.1, 0.15) is 74.4 Å². The molecule has 53 heavy (non-hydrogen) atoms. The maximum atomic E-state index is 14.0. The molecule has 4 N–H and O–H groups in total. The molecule has 2 aromatic rings. The molecule has 0 bridgehead atoms. The van der Waals surface area contributed by atoms with Crippen LogP contribution in [-0.2, 0) is 36.4 Å². The molecule has 5 atom stereocenters. The van der Waals surface area contributed by atoms with Gasteiger partial charge >= 0.3 is 5.97 Å². The smallest absolute Gasteiger partial charge is 0.305 e. The summed E-state index contributed by atoms with van der Waals surface area (Å²) < 4.78 is 16.5. The van der Waals surface area contributed by atoms with Crippen molar-refractivity contribution in [1.29, 1.82) is 0 Å². The number of hydrogen-bond donors (Lipinski definition) is 4. The fourth-order valence-electron chi connectivity index (χ4n) is 7.05. The van der Waals surface area contributed by atoms with Crippen molar-refractivity contribution in [1.82, 2.24) is 15.5 Å². The van der Waals surface area contributed by atoms with Gasteiger partial charge in [-0.15, -0.1) is 11.6 Å². The van der Waals surface area contributed by atoms with Gasteiger partial charge < -0.3 is 40.4 Å². The Morgan fingerprint density at radius 1 is 0.962 bits per heavy atom. The van der Waals surface area contributed by atoms with E-state index in [1.165, 1.54) is 21.1 Å². The summed E-state index contributed by atoms with van der Waals surface area (Å²) in [6.07, 6.45) is 10.5. The molecule has 0 aromatic heterocycles. The Hall–Kier alpha value is -5.04. The predicted molar refractivity (Wildman–Crippen MR) is 201 cm³/mol. The number of fused-ring (bicyclic) bond motifs is 4. The van der Waals surface area contributed by atoms with Gasteiger partial charge in [0, 0.05) is 42.9 Å². The van der Waals surface area contributed by atoms with Crippen molar-refractivity contribution in [3.63, 3.8) is 0 Å². The van der Waals surface area contributed by atoms with Crippen molar-refractivity contribution in [3.8, 4) is 11.5 Å². The van der Waals surface area contributed by atoms with E-state index in [9.17, 15) is 24.0 Å². The number of unbranched alkanes of at least 4 members (excludes halogenated alkanes) is 1. The van der Waals surface area contributed by atoms with Gasteiger partial charge in [0.25, 0.3) is 5.91 Å². The van der Waals surface area contributed by atoms with E-state index in [1.807, 2.05) is 23.1 Å². The van der Waals surface area contributed by atoms with Gasteiger partial charge in [0.05, 0.1) is 37.1 Å². The summed E-state index contributed by atoms with van der Waals surface area (Å²) in [4.78, 5) is 65.3. The van der Waals surface area contributed by atoms with Crippen LogP contribution in [0.15, 0.2) is 54.6 Å². The van der Waals surface area contributed by atoms with Crippen molar-refractivity contribution < 1.29 is 38.2 Å². The second-order valence-corrected chi connectivity index (χ2v) is 14.1. The highest BCUT2D eigenvalue weighted by Crippen LogP contribution is 2.46. The number of rotatable bonds is 15. The number of ether oxygens (including phenoxy) is 3. The highest BCUT2D eigenvalue weighted by molar-refractivity contribution is 6.17. The lowest BCUT2D eigenvalue weighted by Gasteiger charge is -2.38. The molecule has 284 valence electrons. The van der Waals surface area contributed by atoms with Gasteiger partial charge in [-0.05, 0) is 69.4 Å². The molecule has 3 aliphatic rings. The number of halogens is 1. The molecule has 0 saturated carbocycles. The summed E-state index contributed by atoms with van der Waals surface area (Å²) in [7, 11) is 2.84. The molecular weight excluding hydrogens is 702 g/mol. The molecule has 1 saturated heterocycles. The minimum atomic E-state index is -0.921. The van der Waals surface area contributed by atoms with Crippen molar-refractivity contribution >= 4 is 52.6 Å². The maximum absolute atomic E-state index is 14.0. The first-order chi connectivity index (χ1) is 25.4. The molecule has 3 unspecified atom stereocenters. The first-order valence-electron chi connectivity index (χ1n) is 17.8. The lowest BCUT2D eigenvalue weighted by atomic mass is 9.82. The highest BCUT2D eigenvalue weighted by atomic mass is 35.5. The van der Waals surface area contributed by atoms with Gasteiger partial charge in [0.15, 0.2) is 11.5 Å². The van der Waals surface area contributed by atoms with Gasteiger partial charge in [0.1, 0.15) is 18.7 Å². The topological polar surface area (TPSA) is 164 Å². The van der Waals surface area contributed by atoms with Crippen molar-refractivity contribution in [2.24, 2.45) is 5.92 Å². The number of nitrogens with one attached hydrogen (secondary N) is 4. The van der Waals surface area contributed by atoms with Crippen molar-refractivity contribution in [2.75, 3.05) is 31.4 Å². The molecule has 1 fully saturated rings. The molecule has 2 aliphatic heterocycles. The summed E-state index contributed by atoms with van der Waals surface area (Å²) in [6, 6.07) is 7.09. The summed E-state index contributed by atoms with van der Waals surface area (Å²) in [6.45, 7) is 5.89. The van der Waals surface area contributed by atoms with Gasteiger partial charge in [-0.3, -0.25) is 24.0 Å². The van der Waals surface area contributed by atoms with Gasteiger partial charge in [-0.25, -0.2) is 0 Å². The summed E-state index contributed by atoms with van der Waals surface area (Å²) in [5, 5.41) is 11.5. The Balaban J connectivity index is 1.19. The first-order valence-corrected chi connectivity index (χ1v) is 18.3. The van der Waals surface area contributed by atoms with Gasteiger partial charge in [-0.2, -0.15) is 0 Å². The highest BCUT2D eigenvalue weighted by Gasteiger charge is 2.51. The zero-order valence-corrected chi connectivity index (χ0v) is 31.5. The van der Waals surface area contributed by atoms with Gasteiger partial charge in [-0.1, -0.05) is 30.4 Å². The minimum Gasteiger partial charge on any atom is -0.493 e. The molecule has 2 aromatic carbocycles. The number of alkyl halides is 1. The lowest BCUT2D eigenvalue weighted by molar-refractivity contribution is -0.140. The van der Waals surface area contributed by atoms with E-state index in [0.29, 0.717) is 47.8 Å². The van der Waals surface area contributed by atoms with E-state index in [2.05, 4.69) is 45.1 Å². The van der Waals surface area contributed by atoms with Crippen LogP contribution in [0.2, 0.25) is 0 Å². The Morgan fingerprint density at radius 2 is 1.70 bits per heavy atom. The third-order valence-corrected chi connectivity index (χ3v) is 10.3. The zero-order valence-electron chi connectivity index (χ0n) is 30.8. The van der Waals surface area contributed by atoms with Gasteiger partial charge in [0.2, 0.25) is 17.7 Å². The number of esters is 1. The molecule has 2 heterocycles. The number of methoxy groups -OCH3 is 2. The third-order valence-electron chi connectivity index (χ3n) is 9.98. The normalized spacial score (nSPS) is 20.8. The van der Waals surface area contributed by atoms with Crippen LogP contribution >= 0.6 is 11.6 Å². The van der Waals surface area contributed by atoms with Crippen LogP contribution in [0.5, 0.6) is 11.5 Å². The molecule has 0 radical (unpaired) electrons. The first kappa shape index (κ1) is 39.2. The van der Waals surface area contributed by atoms with E-state index in [1.54, 1.807) is 31.2 Å². The van der Waals surface area contributed by atoms with Crippen molar-refractivity contribution in [2.45, 2.75) is 89.0 Å². The Bertz CT molecular complexity index is 1800. The quantitative estimate of drug-likeness (QED) is 0.113. The van der Waals surface area contributed by atoms with E-state index >= 15 is 0 Å². The molecule has 1 aliphatic carbocycles. The van der Waals surface area contributed by atoms with E-state index in [4.69, 9.17) is 21.1 Å². The lowest BCUT2D eigenvalue weighted by Crippen LogP contribution is -2.50. The van der Waals surface area contributed by atoms with Crippen molar-refractivity contribution in [3.05, 3.63) is 71.3 Å². The fourth-order valence-corrected chi connectivity index (χ4v) is 7.21. The molecule has 14 heteroatoms. The number of hydrogen-bond acceptors (Lipinski definition) is 9. The molecule has 5 rings (SSSR count). The molecule has 13 nitrogen and oxygen atoms in total. The number of carbonyl (C=O) groups is 5. The molecule has 4 amide bonds. The second kappa shape index (κ2) is 17.2. The average Bonchev–Trinajstić information content (AvgIpc) is 3.37. The Kier molecular flexibility index (Phi) is 12.7. The van der Waals surface area contributed by atoms with Crippen LogP contribution in [-0.4, -0.2) is 78.9 Å². The van der Waals surface area contributed by atoms with Crippen LogP contribution < -0.4 is 30.7 Å². The Labute approximate surface area is 314 Å². The second-order valence-electron chi connectivity index (χ2n) is 13.8. The number of carbonyl (C=O) groups excluding carboxylic acids is 5. The monoisotopic (exact) mass is 749 g/mol. The van der Waals surface area contributed by atoms with E-state index in [0.717, 1.165) is 17.5 Å². The standard InChI is InChI=1S/C39H48ClN5O8/c1-23(42-34(46)11-6-7-12-35(47)52-5)36(48)43-24(2)37(49)44-28-15-25(20-40)14-26(16-28)22-53-33-19-31-30(18-32(33)51-4)38(50)45-29(21-41-31)17-27-10-8-9-13-39(27,45)3/h8-10,13-16,18-19,23-24,27,29,41H,6-7,11-12,17,20-22H2,1-5H3,(H,42,46)(H,43,48)(H,44,49)/t23-,24-,27?,29?,39?/m0/s1. The number of allylic oxidation sites excluding steroid dienone is 2. The fraction of sp³-hybridized carbons (Fsp3) is 0.462. The number of benzene rings is 2. The van der Waals surface area contributed by atoms with Crippen LogP contribution in [0, 0.1) is 5.92 Å².